The summed E-state index contributed by atoms with van der Waals surface area (Å²) in [7, 11) is 0. The largest absolute Gasteiger partial charge is 0.322 e. The van der Waals surface area contributed by atoms with Crippen LogP contribution in [0.4, 0.5) is 4.39 Å². The minimum atomic E-state index is -0.273. The lowest BCUT2D eigenvalue weighted by Gasteiger charge is -1.95. The van der Waals surface area contributed by atoms with Gasteiger partial charge < -0.3 is 5.73 Å². The third kappa shape index (κ3) is 2.75. The first-order valence-corrected chi connectivity index (χ1v) is 5.33. The lowest BCUT2D eigenvalue weighted by Crippen LogP contribution is -2.03. The minimum absolute atomic E-state index is 0. The fourth-order valence-corrected chi connectivity index (χ4v) is 1.95. The highest BCUT2D eigenvalue weighted by Crippen LogP contribution is 2.25. The maximum Gasteiger partial charge on any atom is 0.147 e. The fraction of sp³-hybridized carbons (Fsp3) is 0.200. The average Bonchev–Trinajstić information content (AvgIpc) is 2.66. The van der Waals surface area contributed by atoms with Crippen LogP contribution in [0.3, 0.4) is 0 Å². The molecule has 0 aliphatic carbocycles. The van der Waals surface area contributed by atoms with Gasteiger partial charge in [-0.2, -0.15) is 0 Å². The van der Waals surface area contributed by atoms with Crippen LogP contribution in [0.15, 0.2) is 24.3 Å². The molecule has 0 radical (unpaired) electrons. The van der Waals surface area contributed by atoms with E-state index in [4.69, 9.17) is 5.73 Å². The van der Waals surface area contributed by atoms with Crippen LogP contribution in [0.1, 0.15) is 18.0 Å². The molecule has 1 aromatic carbocycles. The Balaban J connectivity index is 0.00000128. The molecule has 0 amide bonds. The first kappa shape index (κ1) is 13.0. The van der Waals surface area contributed by atoms with Gasteiger partial charge in [-0.15, -0.1) is 22.6 Å². The molecule has 0 saturated heterocycles. The third-order valence-corrected chi connectivity index (χ3v) is 3.07. The molecule has 1 atom stereocenters. The number of halogens is 2. The van der Waals surface area contributed by atoms with Crippen molar-refractivity contribution in [1.82, 2.24) is 10.2 Å². The second-order valence-electron chi connectivity index (χ2n) is 3.24. The van der Waals surface area contributed by atoms with Gasteiger partial charge in [0.1, 0.15) is 15.8 Å². The smallest absolute Gasteiger partial charge is 0.147 e. The molecule has 0 spiro atoms. The van der Waals surface area contributed by atoms with Crippen molar-refractivity contribution in [3.05, 3.63) is 35.1 Å². The molecule has 1 heterocycles. The van der Waals surface area contributed by atoms with Gasteiger partial charge in [0.25, 0.3) is 0 Å². The highest BCUT2D eigenvalue weighted by atomic mass is 35.5. The average molecular weight is 260 g/mol. The van der Waals surface area contributed by atoms with Crippen LogP contribution >= 0.6 is 23.7 Å². The van der Waals surface area contributed by atoms with E-state index >= 15 is 0 Å². The van der Waals surface area contributed by atoms with Crippen LogP contribution < -0.4 is 5.73 Å². The van der Waals surface area contributed by atoms with Crippen molar-refractivity contribution in [3.8, 4) is 10.6 Å². The Morgan fingerprint density at radius 1 is 1.38 bits per heavy atom. The number of nitrogens with two attached hydrogens (primary N) is 1. The maximum atomic E-state index is 12.9. The van der Waals surface area contributed by atoms with Gasteiger partial charge >= 0.3 is 0 Å². The number of nitrogens with zero attached hydrogens (tertiary/aromatic N) is 2. The van der Waals surface area contributed by atoms with E-state index in [1.807, 2.05) is 6.92 Å². The molecule has 6 heteroatoms. The van der Waals surface area contributed by atoms with Gasteiger partial charge in [0.15, 0.2) is 0 Å². The lowest BCUT2D eigenvalue weighted by molar-refractivity contribution is 0.628. The van der Waals surface area contributed by atoms with Crippen LogP contribution in [0.5, 0.6) is 0 Å². The van der Waals surface area contributed by atoms with Crippen LogP contribution in [-0.2, 0) is 0 Å². The molecular weight excluding hydrogens is 249 g/mol. The summed E-state index contributed by atoms with van der Waals surface area (Å²) in [5, 5.41) is 9.37. The van der Waals surface area contributed by atoms with Crippen LogP contribution in [-0.4, -0.2) is 10.2 Å². The van der Waals surface area contributed by atoms with Gasteiger partial charge in [0.05, 0.1) is 6.04 Å². The number of hydrogen-bond acceptors (Lipinski definition) is 4. The van der Waals surface area contributed by atoms with Gasteiger partial charge in [-0.1, -0.05) is 23.5 Å². The van der Waals surface area contributed by atoms with Crippen molar-refractivity contribution in [2.24, 2.45) is 5.73 Å². The predicted molar refractivity (Wildman–Crippen MR) is 65.2 cm³/mol. The van der Waals surface area contributed by atoms with Crippen LogP contribution in [0, 0.1) is 5.82 Å². The lowest BCUT2D eigenvalue weighted by atomic mass is 10.2. The Morgan fingerprint density at radius 2 is 2.12 bits per heavy atom. The van der Waals surface area contributed by atoms with E-state index in [2.05, 4.69) is 10.2 Å². The summed E-state index contributed by atoms with van der Waals surface area (Å²) in [6.07, 6.45) is 0. The molecule has 0 bridgehead atoms. The number of benzene rings is 1. The Hall–Kier alpha value is -1.04. The zero-order valence-corrected chi connectivity index (χ0v) is 10.2. The summed E-state index contributed by atoms with van der Waals surface area (Å²) in [6, 6.07) is 6.15. The second-order valence-corrected chi connectivity index (χ2v) is 4.25. The van der Waals surface area contributed by atoms with E-state index in [1.54, 1.807) is 12.1 Å². The molecule has 1 aromatic heterocycles. The van der Waals surface area contributed by atoms with Gasteiger partial charge in [-0.3, -0.25) is 0 Å². The molecule has 0 fully saturated rings. The molecule has 0 aliphatic rings. The number of aromatic nitrogens is 2. The second kappa shape index (κ2) is 5.34. The molecule has 2 N–H and O–H groups in total. The Labute approximate surface area is 103 Å². The van der Waals surface area contributed by atoms with Crippen LogP contribution in [0.2, 0.25) is 0 Å². The third-order valence-electron chi connectivity index (χ3n) is 1.90. The van der Waals surface area contributed by atoms with Gasteiger partial charge in [0, 0.05) is 5.56 Å². The monoisotopic (exact) mass is 259 g/mol. The normalized spacial score (nSPS) is 11.9. The van der Waals surface area contributed by atoms with Gasteiger partial charge in [-0.05, 0) is 19.1 Å². The zero-order chi connectivity index (χ0) is 10.8. The highest BCUT2D eigenvalue weighted by Gasteiger charge is 2.09. The van der Waals surface area contributed by atoms with E-state index in [9.17, 15) is 4.39 Å². The summed E-state index contributed by atoms with van der Waals surface area (Å²) in [6.45, 7) is 1.84. The minimum Gasteiger partial charge on any atom is -0.322 e. The van der Waals surface area contributed by atoms with Gasteiger partial charge in [0.2, 0.25) is 0 Å². The highest BCUT2D eigenvalue weighted by molar-refractivity contribution is 7.14. The Morgan fingerprint density at radius 3 is 2.69 bits per heavy atom. The Bertz CT molecular complexity index is 473. The number of hydrogen-bond donors (Lipinski definition) is 1. The summed E-state index contributed by atoms with van der Waals surface area (Å²) in [5.41, 5.74) is 6.40. The standard InChI is InChI=1S/C10H10FN3S.ClH/c1-6(12)9-13-14-10(15-9)7-3-2-4-8(11)5-7;/h2-6H,12H2,1H3;1H. The maximum absolute atomic E-state index is 12.9. The molecular formula is C10H11ClFN3S. The molecule has 2 aromatic rings. The van der Waals surface area contributed by atoms with E-state index in [0.29, 0.717) is 5.01 Å². The first-order valence-electron chi connectivity index (χ1n) is 4.52. The first-order chi connectivity index (χ1) is 7.16. The SMILES string of the molecule is CC(N)c1nnc(-c2cccc(F)c2)s1.Cl. The number of rotatable bonds is 2. The molecule has 86 valence electrons. The van der Waals surface area contributed by atoms with Crippen molar-refractivity contribution in [3.63, 3.8) is 0 Å². The predicted octanol–water partition coefficient (Wildman–Crippen LogP) is 2.79. The molecule has 16 heavy (non-hydrogen) atoms. The Kier molecular flexibility index (Phi) is 4.35. The molecule has 2 rings (SSSR count). The van der Waals surface area contributed by atoms with E-state index in [-0.39, 0.29) is 24.3 Å². The summed E-state index contributed by atoms with van der Waals surface area (Å²) >= 11 is 1.39. The molecule has 1 unspecified atom stereocenters. The molecule has 0 saturated carbocycles. The summed E-state index contributed by atoms with van der Waals surface area (Å²) in [4.78, 5) is 0. The van der Waals surface area contributed by atoms with Crippen molar-refractivity contribution in [2.75, 3.05) is 0 Å². The van der Waals surface area contributed by atoms with Crippen molar-refractivity contribution in [1.29, 1.82) is 0 Å². The summed E-state index contributed by atoms with van der Waals surface area (Å²) in [5.74, 6) is -0.273. The van der Waals surface area contributed by atoms with E-state index in [1.165, 1.54) is 23.5 Å². The molecule has 3 nitrogen and oxygen atoms in total. The van der Waals surface area contributed by atoms with Gasteiger partial charge in [-0.25, -0.2) is 4.39 Å². The zero-order valence-electron chi connectivity index (χ0n) is 8.55. The molecule has 0 aliphatic heterocycles. The van der Waals surface area contributed by atoms with E-state index in [0.717, 1.165) is 10.6 Å². The van der Waals surface area contributed by atoms with Crippen molar-refractivity contribution >= 4 is 23.7 Å². The fourth-order valence-electron chi connectivity index (χ4n) is 1.16. The van der Waals surface area contributed by atoms with Crippen molar-refractivity contribution in [2.45, 2.75) is 13.0 Å². The van der Waals surface area contributed by atoms with Crippen molar-refractivity contribution < 1.29 is 4.39 Å². The summed E-state index contributed by atoms with van der Waals surface area (Å²) < 4.78 is 12.9. The van der Waals surface area contributed by atoms with Crippen LogP contribution in [0.25, 0.3) is 10.6 Å². The van der Waals surface area contributed by atoms with E-state index < -0.39 is 0 Å². The quantitative estimate of drug-likeness (QED) is 0.902. The topological polar surface area (TPSA) is 51.8 Å².